The summed E-state index contributed by atoms with van der Waals surface area (Å²) in [7, 11) is 0. The van der Waals surface area contributed by atoms with Crippen molar-refractivity contribution in [3.63, 3.8) is 0 Å². The smallest absolute Gasteiger partial charge is 0.00765 e. The van der Waals surface area contributed by atoms with Gasteiger partial charge in [-0.25, -0.2) is 0 Å². The molecule has 0 aromatic heterocycles. The third kappa shape index (κ3) is 4.43. The average molecular weight is 198 g/mol. The van der Waals surface area contributed by atoms with Crippen molar-refractivity contribution in [2.75, 3.05) is 13.1 Å². The van der Waals surface area contributed by atoms with Gasteiger partial charge in [-0.2, -0.15) is 0 Å². The van der Waals surface area contributed by atoms with Crippen molar-refractivity contribution in [3.8, 4) is 0 Å². The Morgan fingerprint density at radius 3 is 2.07 bits per heavy atom. The largest absolute Gasteiger partial charge is 0.314 e. The Hall–Kier alpha value is -0.0800. The van der Waals surface area contributed by atoms with Gasteiger partial charge >= 0.3 is 0 Å². The van der Waals surface area contributed by atoms with Crippen LogP contribution in [0.25, 0.3) is 0 Å². The van der Waals surface area contributed by atoms with Crippen LogP contribution in [0.15, 0.2) is 0 Å². The molecule has 14 heavy (non-hydrogen) atoms. The fourth-order valence-corrected chi connectivity index (χ4v) is 2.05. The Bertz CT molecular complexity index is 124. The first-order valence-electron chi connectivity index (χ1n) is 6.33. The number of hydrogen-bond acceptors (Lipinski definition) is 2. The molecule has 2 heteroatoms. The van der Waals surface area contributed by atoms with Gasteiger partial charge in [0, 0.05) is 12.1 Å². The van der Waals surface area contributed by atoms with Crippen LogP contribution in [0, 0.1) is 0 Å². The van der Waals surface area contributed by atoms with Gasteiger partial charge in [0.25, 0.3) is 0 Å². The van der Waals surface area contributed by atoms with Gasteiger partial charge in [-0.15, -0.1) is 0 Å². The SMILES string of the molecule is CCC1CCN1.CCCC1CCCN1. The minimum atomic E-state index is 0.861. The molecule has 2 aliphatic heterocycles. The van der Waals surface area contributed by atoms with E-state index in [1.54, 1.807) is 0 Å². The summed E-state index contributed by atoms with van der Waals surface area (Å²) in [6.45, 7) is 6.97. The molecule has 2 rings (SSSR count). The fourth-order valence-electron chi connectivity index (χ4n) is 2.05. The first kappa shape index (κ1) is 12.0. The van der Waals surface area contributed by atoms with Crippen LogP contribution < -0.4 is 10.6 Å². The quantitative estimate of drug-likeness (QED) is 0.727. The maximum absolute atomic E-state index is 3.46. The van der Waals surface area contributed by atoms with E-state index in [2.05, 4.69) is 24.5 Å². The Labute approximate surface area is 88.8 Å². The van der Waals surface area contributed by atoms with Crippen molar-refractivity contribution in [2.45, 2.75) is 64.5 Å². The van der Waals surface area contributed by atoms with Crippen LogP contribution in [0.1, 0.15) is 52.4 Å². The highest BCUT2D eigenvalue weighted by molar-refractivity contribution is 4.74. The number of hydrogen-bond donors (Lipinski definition) is 2. The Morgan fingerprint density at radius 2 is 1.79 bits per heavy atom. The maximum Gasteiger partial charge on any atom is 0.00765 e. The lowest BCUT2D eigenvalue weighted by molar-refractivity contribution is 0.362. The summed E-state index contributed by atoms with van der Waals surface area (Å²) in [6.07, 6.45) is 8.21. The summed E-state index contributed by atoms with van der Waals surface area (Å²) in [5, 5.41) is 6.75. The summed E-state index contributed by atoms with van der Waals surface area (Å²) in [4.78, 5) is 0. The summed E-state index contributed by atoms with van der Waals surface area (Å²) < 4.78 is 0. The van der Waals surface area contributed by atoms with Crippen LogP contribution in [0.4, 0.5) is 0 Å². The Kier molecular flexibility index (Phi) is 6.20. The zero-order valence-corrected chi connectivity index (χ0v) is 9.81. The lowest BCUT2D eigenvalue weighted by Crippen LogP contribution is -2.41. The molecule has 0 saturated carbocycles. The van der Waals surface area contributed by atoms with E-state index in [-0.39, 0.29) is 0 Å². The zero-order chi connectivity index (χ0) is 10.2. The van der Waals surface area contributed by atoms with E-state index in [0.29, 0.717) is 0 Å². The molecule has 0 spiro atoms. The zero-order valence-electron chi connectivity index (χ0n) is 9.81. The summed E-state index contributed by atoms with van der Waals surface area (Å²) in [6, 6.07) is 1.73. The van der Waals surface area contributed by atoms with Gasteiger partial charge in [-0.05, 0) is 45.2 Å². The van der Waals surface area contributed by atoms with Crippen molar-refractivity contribution in [3.05, 3.63) is 0 Å². The molecule has 0 radical (unpaired) electrons. The van der Waals surface area contributed by atoms with Gasteiger partial charge < -0.3 is 10.6 Å². The summed E-state index contributed by atoms with van der Waals surface area (Å²) in [5.41, 5.74) is 0. The lowest BCUT2D eigenvalue weighted by Gasteiger charge is -2.25. The van der Waals surface area contributed by atoms with Crippen molar-refractivity contribution in [1.82, 2.24) is 10.6 Å². The molecule has 2 saturated heterocycles. The summed E-state index contributed by atoms with van der Waals surface area (Å²) >= 11 is 0. The van der Waals surface area contributed by atoms with Gasteiger partial charge in [-0.1, -0.05) is 20.3 Å². The lowest BCUT2D eigenvalue weighted by atomic mass is 10.1. The van der Waals surface area contributed by atoms with Gasteiger partial charge in [0.2, 0.25) is 0 Å². The molecule has 2 N–H and O–H groups in total. The highest BCUT2D eigenvalue weighted by atomic mass is 15.0. The molecule has 2 heterocycles. The first-order valence-corrected chi connectivity index (χ1v) is 6.33. The number of nitrogens with one attached hydrogen (secondary N) is 2. The van der Waals surface area contributed by atoms with Crippen molar-refractivity contribution in [1.29, 1.82) is 0 Å². The van der Waals surface area contributed by atoms with Crippen LogP contribution in [0.3, 0.4) is 0 Å². The Morgan fingerprint density at radius 1 is 1.00 bits per heavy atom. The van der Waals surface area contributed by atoms with Gasteiger partial charge in [-0.3, -0.25) is 0 Å². The molecule has 2 unspecified atom stereocenters. The number of rotatable bonds is 3. The molecule has 0 aromatic carbocycles. The van der Waals surface area contributed by atoms with Crippen molar-refractivity contribution in [2.24, 2.45) is 0 Å². The van der Waals surface area contributed by atoms with E-state index >= 15 is 0 Å². The van der Waals surface area contributed by atoms with E-state index in [9.17, 15) is 0 Å². The first-order chi connectivity index (χ1) is 6.86. The summed E-state index contributed by atoms with van der Waals surface area (Å²) in [5.74, 6) is 0. The maximum atomic E-state index is 3.46. The van der Waals surface area contributed by atoms with E-state index in [1.165, 1.54) is 51.6 Å². The second-order valence-corrected chi connectivity index (χ2v) is 4.43. The van der Waals surface area contributed by atoms with Gasteiger partial charge in [0.05, 0.1) is 0 Å². The minimum Gasteiger partial charge on any atom is -0.314 e. The normalized spacial score (nSPS) is 30.4. The van der Waals surface area contributed by atoms with Crippen molar-refractivity contribution >= 4 is 0 Å². The predicted octanol–water partition coefficient (Wildman–Crippen LogP) is 2.30. The molecular weight excluding hydrogens is 172 g/mol. The predicted molar refractivity (Wildman–Crippen MR) is 62.6 cm³/mol. The second-order valence-electron chi connectivity index (χ2n) is 4.43. The van der Waals surface area contributed by atoms with Crippen LogP contribution in [-0.2, 0) is 0 Å². The van der Waals surface area contributed by atoms with Gasteiger partial charge in [0.1, 0.15) is 0 Å². The third-order valence-electron chi connectivity index (χ3n) is 3.22. The van der Waals surface area contributed by atoms with Gasteiger partial charge in [0.15, 0.2) is 0 Å². The minimum absolute atomic E-state index is 0.861. The highest BCUT2D eigenvalue weighted by Crippen LogP contribution is 2.09. The van der Waals surface area contributed by atoms with Crippen LogP contribution in [0.5, 0.6) is 0 Å². The van der Waals surface area contributed by atoms with E-state index in [0.717, 1.165) is 12.1 Å². The molecule has 2 atom stereocenters. The van der Waals surface area contributed by atoms with Crippen molar-refractivity contribution < 1.29 is 0 Å². The van der Waals surface area contributed by atoms with Crippen LogP contribution in [0.2, 0.25) is 0 Å². The third-order valence-corrected chi connectivity index (χ3v) is 3.22. The van der Waals surface area contributed by atoms with E-state index in [4.69, 9.17) is 0 Å². The molecule has 84 valence electrons. The van der Waals surface area contributed by atoms with E-state index < -0.39 is 0 Å². The highest BCUT2D eigenvalue weighted by Gasteiger charge is 2.12. The van der Waals surface area contributed by atoms with E-state index in [1.807, 2.05) is 0 Å². The topological polar surface area (TPSA) is 24.1 Å². The molecule has 0 amide bonds. The molecule has 2 aliphatic rings. The molecule has 0 aromatic rings. The Balaban J connectivity index is 0.000000146. The molecule has 2 nitrogen and oxygen atoms in total. The average Bonchev–Trinajstić information content (AvgIpc) is 2.57. The van der Waals surface area contributed by atoms with Crippen LogP contribution >= 0.6 is 0 Å². The molecule has 2 fully saturated rings. The van der Waals surface area contributed by atoms with Crippen LogP contribution in [-0.4, -0.2) is 25.2 Å². The second kappa shape index (κ2) is 7.24. The monoisotopic (exact) mass is 198 g/mol. The molecule has 0 aliphatic carbocycles. The molecule has 0 bridgehead atoms. The standard InChI is InChI=1S/C7H15N.C5H11N/c1-2-4-7-5-3-6-8-7;1-2-5-3-4-6-5/h7-8H,2-6H2,1H3;5-6H,2-4H2,1H3. The fraction of sp³-hybridized carbons (Fsp3) is 1.00. The molecular formula is C12H26N2.